The molecule has 2 aliphatic heterocycles. The molecule has 6 aliphatic rings. The molecule has 1 N–H and O–H groups in total. The number of allylic oxidation sites excluding steroid dienone is 1. The third-order valence-electron chi connectivity index (χ3n) is 11.3. The zero-order valence-electron chi connectivity index (χ0n) is 19.5. The molecule has 0 aromatic rings. The van der Waals surface area contributed by atoms with E-state index in [1.165, 1.54) is 50.7 Å². The molecule has 2 saturated heterocycles. The van der Waals surface area contributed by atoms with Crippen molar-refractivity contribution in [2.24, 2.45) is 46.3 Å². The molecule has 6 rings (SSSR count). The molecule has 0 aromatic heterocycles. The summed E-state index contributed by atoms with van der Waals surface area (Å²) in [6.07, 6.45) is 14.1. The van der Waals surface area contributed by atoms with Crippen LogP contribution in [0.1, 0.15) is 85.5 Å². The maximum Gasteiger partial charge on any atom is 0.117 e. The Balaban J connectivity index is 1.28. The van der Waals surface area contributed by atoms with Crippen LogP contribution in [-0.4, -0.2) is 28.0 Å². The van der Waals surface area contributed by atoms with Gasteiger partial charge in [-0.3, -0.25) is 0 Å². The first-order valence-corrected chi connectivity index (χ1v) is 13.9. The number of aliphatic hydroxyl groups excluding tert-OH is 1. The zero-order valence-corrected chi connectivity index (χ0v) is 20.3. The van der Waals surface area contributed by atoms with E-state index in [9.17, 15) is 5.11 Å². The minimum Gasteiger partial charge on any atom is -0.393 e. The maximum atomic E-state index is 10.3. The topological polar surface area (TPSA) is 29.5 Å². The molecule has 30 heavy (non-hydrogen) atoms. The van der Waals surface area contributed by atoms with E-state index in [4.69, 9.17) is 4.74 Å². The predicted molar refractivity (Wildman–Crippen MR) is 124 cm³/mol. The molecule has 3 saturated carbocycles. The summed E-state index contributed by atoms with van der Waals surface area (Å²) in [5, 5.41) is 10.3. The molecule has 0 unspecified atom stereocenters. The lowest BCUT2D eigenvalue weighted by molar-refractivity contribution is -0.0625. The summed E-state index contributed by atoms with van der Waals surface area (Å²) in [5.41, 5.74) is 2.42. The maximum absolute atomic E-state index is 10.3. The number of thioether (sulfide) groups is 1. The first kappa shape index (κ1) is 20.6. The second kappa shape index (κ2) is 6.76. The van der Waals surface area contributed by atoms with Crippen molar-refractivity contribution in [1.29, 1.82) is 0 Å². The summed E-state index contributed by atoms with van der Waals surface area (Å²) >= 11 is 2.17. The van der Waals surface area contributed by atoms with E-state index in [0.717, 1.165) is 42.4 Å². The largest absolute Gasteiger partial charge is 0.393 e. The van der Waals surface area contributed by atoms with Gasteiger partial charge in [-0.2, -0.15) is 0 Å². The Labute approximate surface area is 188 Å². The Morgan fingerprint density at radius 3 is 2.67 bits per heavy atom. The highest BCUT2D eigenvalue weighted by Crippen LogP contribution is 2.71. The van der Waals surface area contributed by atoms with Crippen LogP contribution in [0.15, 0.2) is 11.6 Å². The van der Waals surface area contributed by atoms with Crippen LogP contribution < -0.4 is 0 Å². The van der Waals surface area contributed by atoms with Crippen molar-refractivity contribution in [2.75, 3.05) is 5.75 Å². The minimum absolute atomic E-state index is 0.0956. The summed E-state index contributed by atoms with van der Waals surface area (Å²) in [4.78, 5) is 0.123. The van der Waals surface area contributed by atoms with Crippen molar-refractivity contribution in [3.8, 4) is 0 Å². The SMILES string of the molecule is C[C@@H]1CC[C@]2(O[C@H]3C[C@H]4[C@@H]5CC=C6C[C@@H](O)CC[C@]6(C)[C@H]5CC[C@]4(C)[C@H]3[C@@H]2C)SC1. The van der Waals surface area contributed by atoms with Gasteiger partial charge in [-0.15, -0.1) is 11.8 Å². The summed E-state index contributed by atoms with van der Waals surface area (Å²) in [7, 11) is 0. The van der Waals surface area contributed by atoms with Gasteiger partial charge in [-0.1, -0.05) is 39.3 Å². The van der Waals surface area contributed by atoms with Gasteiger partial charge in [-0.05, 0) is 104 Å². The Hall–Kier alpha value is 0.01000. The van der Waals surface area contributed by atoms with Gasteiger partial charge in [-0.25, -0.2) is 0 Å². The standard InChI is InChI=1S/C27H42O2S/c1-16-7-12-27(30-15-16)17(2)24-23(29-27)14-22-20-6-5-18-13-19(28)8-10-25(18,3)21(20)9-11-26(22,24)4/h5,16-17,19-24,28H,6-15H2,1-4H3/t16-,17+,19+,20-,21+,22+,23+,24+,25+,26+,27+/m1/s1. The van der Waals surface area contributed by atoms with Crippen LogP contribution in [0.3, 0.4) is 0 Å². The smallest absolute Gasteiger partial charge is 0.117 e. The number of rotatable bonds is 0. The van der Waals surface area contributed by atoms with Gasteiger partial charge in [0, 0.05) is 5.92 Å². The Morgan fingerprint density at radius 2 is 1.90 bits per heavy atom. The molecule has 4 aliphatic carbocycles. The normalized spacial score (nSPS) is 59.8. The third-order valence-corrected chi connectivity index (χ3v) is 13.2. The highest BCUT2D eigenvalue weighted by atomic mass is 32.2. The molecule has 3 heteroatoms. The molecule has 0 amide bonds. The number of hydrogen-bond donors (Lipinski definition) is 1. The predicted octanol–water partition coefficient (Wildman–Crippen LogP) is 6.43. The first-order valence-electron chi connectivity index (χ1n) is 13.0. The summed E-state index contributed by atoms with van der Waals surface area (Å²) in [5.74, 6) is 6.10. The fourth-order valence-corrected chi connectivity index (χ4v) is 11.3. The third kappa shape index (κ3) is 2.64. The van der Waals surface area contributed by atoms with E-state index < -0.39 is 0 Å². The van der Waals surface area contributed by atoms with Gasteiger partial charge < -0.3 is 9.84 Å². The van der Waals surface area contributed by atoms with Crippen LogP contribution in [0, 0.1) is 46.3 Å². The lowest BCUT2D eigenvalue weighted by atomic mass is 9.47. The van der Waals surface area contributed by atoms with Gasteiger partial charge in [0.15, 0.2) is 0 Å². The van der Waals surface area contributed by atoms with Crippen LogP contribution in [0.25, 0.3) is 0 Å². The first-order chi connectivity index (χ1) is 14.3. The Kier molecular flexibility index (Phi) is 4.65. The molecular formula is C27H42O2S. The molecule has 1 spiro atoms. The summed E-state index contributed by atoms with van der Waals surface area (Å²) in [6, 6.07) is 0. The van der Waals surface area contributed by atoms with Gasteiger partial charge in [0.2, 0.25) is 0 Å². The molecule has 168 valence electrons. The second-order valence-electron chi connectivity index (χ2n) is 12.7. The lowest BCUT2D eigenvalue weighted by Gasteiger charge is -2.58. The van der Waals surface area contributed by atoms with Crippen LogP contribution in [0.5, 0.6) is 0 Å². The number of hydrogen-bond acceptors (Lipinski definition) is 3. The van der Waals surface area contributed by atoms with E-state index >= 15 is 0 Å². The number of ether oxygens (including phenoxy) is 1. The summed E-state index contributed by atoms with van der Waals surface area (Å²) in [6.45, 7) is 10.2. The number of aliphatic hydroxyl groups is 1. The molecule has 2 heterocycles. The second-order valence-corrected chi connectivity index (χ2v) is 14.0. The van der Waals surface area contributed by atoms with E-state index in [1.54, 1.807) is 5.57 Å². The van der Waals surface area contributed by atoms with Gasteiger partial charge >= 0.3 is 0 Å². The van der Waals surface area contributed by atoms with E-state index in [-0.39, 0.29) is 11.0 Å². The van der Waals surface area contributed by atoms with Gasteiger partial charge in [0.25, 0.3) is 0 Å². The number of fused-ring (bicyclic) bond motifs is 7. The van der Waals surface area contributed by atoms with E-state index in [2.05, 4.69) is 45.5 Å². The van der Waals surface area contributed by atoms with Gasteiger partial charge in [0.05, 0.1) is 12.2 Å². The molecule has 2 nitrogen and oxygen atoms in total. The average molecular weight is 431 g/mol. The van der Waals surface area contributed by atoms with Gasteiger partial charge in [0.1, 0.15) is 4.93 Å². The van der Waals surface area contributed by atoms with Crippen molar-refractivity contribution in [3.63, 3.8) is 0 Å². The summed E-state index contributed by atoms with van der Waals surface area (Å²) < 4.78 is 7.07. The van der Waals surface area contributed by atoms with Crippen molar-refractivity contribution < 1.29 is 9.84 Å². The van der Waals surface area contributed by atoms with E-state index in [0.29, 0.717) is 22.9 Å². The molecule has 5 fully saturated rings. The Morgan fingerprint density at radius 1 is 1.07 bits per heavy atom. The fourth-order valence-electron chi connectivity index (χ4n) is 9.66. The quantitative estimate of drug-likeness (QED) is 0.449. The highest BCUT2D eigenvalue weighted by Gasteiger charge is 2.68. The Bertz CT molecular complexity index is 739. The molecule has 0 bridgehead atoms. The van der Waals surface area contributed by atoms with Crippen LogP contribution in [-0.2, 0) is 4.74 Å². The molecule has 11 atom stereocenters. The lowest BCUT2D eigenvalue weighted by Crippen LogP contribution is -2.51. The minimum atomic E-state index is -0.0956. The zero-order chi connectivity index (χ0) is 20.9. The molecule has 0 aromatic carbocycles. The van der Waals surface area contributed by atoms with E-state index in [1.807, 2.05) is 0 Å². The molecule has 0 radical (unpaired) electrons. The van der Waals surface area contributed by atoms with Crippen LogP contribution in [0.4, 0.5) is 0 Å². The van der Waals surface area contributed by atoms with Crippen molar-refractivity contribution >= 4 is 11.8 Å². The monoisotopic (exact) mass is 430 g/mol. The fraction of sp³-hybridized carbons (Fsp3) is 0.926. The molecular weight excluding hydrogens is 388 g/mol. The van der Waals surface area contributed by atoms with Crippen molar-refractivity contribution in [3.05, 3.63) is 11.6 Å². The highest BCUT2D eigenvalue weighted by molar-refractivity contribution is 8.00. The van der Waals surface area contributed by atoms with Crippen LogP contribution in [0.2, 0.25) is 0 Å². The average Bonchev–Trinajstić information content (AvgIpc) is 3.16. The van der Waals surface area contributed by atoms with Crippen molar-refractivity contribution in [2.45, 2.75) is 103 Å². The van der Waals surface area contributed by atoms with Crippen LogP contribution >= 0.6 is 11.8 Å². The van der Waals surface area contributed by atoms with Crippen molar-refractivity contribution in [1.82, 2.24) is 0 Å².